The second-order valence-electron chi connectivity index (χ2n) is 5.47. The summed E-state index contributed by atoms with van der Waals surface area (Å²) in [5.74, 6) is 0.569. The van der Waals surface area contributed by atoms with Gasteiger partial charge in [0.1, 0.15) is 0 Å². The standard InChI is InChI=1S/C14H23N3OS.ClH/c1-10-8-17(6-5-12(10)15)9-14(18)16-11(2)13-4-3-7-19-13;/h3-4,7,10-12H,5-6,8-9,15H2,1-2H3,(H,16,18);1H. The molecular weight excluding hydrogens is 294 g/mol. The first-order valence-corrected chi connectivity index (χ1v) is 7.75. The molecule has 1 aromatic heterocycles. The number of amides is 1. The Balaban J connectivity index is 0.00000200. The highest BCUT2D eigenvalue weighted by molar-refractivity contribution is 7.10. The van der Waals surface area contributed by atoms with Gasteiger partial charge in [-0.3, -0.25) is 9.69 Å². The number of carbonyl (C=O) groups is 1. The van der Waals surface area contributed by atoms with Crippen LogP contribution in [0.4, 0.5) is 0 Å². The van der Waals surface area contributed by atoms with Crippen LogP contribution in [-0.2, 0) is 4.79 Å². The summed E-state index contributed by atoms with van der Waals surface area (Å²) in [5, 5.41) is 5.09. The van der Waals surface area contributed by atoms with Gasteiger partial charge in [-0.25, -0.2) is 0 Å². The van der Waals surface area contributed by atoms with Crippen molar-refractivity contribution >= 4 is 29.7 Å². The zero-order valence-electron chi connectivity index (χ0n) is 12.0. The first kappa shape index (κ1) is 17.4. The van der Waals surface area contributed by atoms with E-state index in [-0.39, 0.29) is 30.4 Å². The molecule has 1 aliphatic heterocycles. The molecule has 20 heavy (non-hydrogen) atoms. The number of likely N-dealkylation sites (tertiary alicyclic amines) is 1. The van der Waals surface area contributed by atoms with E-state index in [2.05, 4.69) is 23.2 Å². The number of nitrogens with zero attached hydrogens (tertiary/aromatic N) is 1. The Hall–Kier alpha value is -0.620. The van der Waals surface area contributed by atoms with Crippen molar-refractivity contribution in [1.82, 2.24) is 10.2 Å². The second kappa shape index (κ2) is 7.98. The second-order valence-corrected chi connectivity index (χ2v) is 6.45. The molecule has 2 heterocycles. The molecular formula is C14H24ClN3OS. The molecule has 0 aliphatic carbocycles. The normalized spacial score (nSPS) is 24.8. The molecule has 1 fully saturated rings. The van der Waals surface area contributed by atoms with E-state index in [1.54, 1.807) is 11.3 Å². The summed E-state index contributed by atoms with van der Waals surface area (Å²) in [4.78, 5) is 15.4. The van der Waals surface area contributed by atoms with Crippen LogP contribution in [0.5, 0.6) is 0 Å². The van der Waals surface area contributed by atoms with Gasteiger partial charge in [-0.15, -0.1) is 23.7 Å². The number of hydrogen-bond acceptors (Lipinski definition) is 4. The summed E-state index contributed by atoms with van der Waals surface area (Å²) in [5.41, 5.74) is 5.99. The maximum atomic E-state index is 12.0. The molecule has 0 radical (unpaired) electrons. The van der Waals surface area contributed by atoms with E-state index in [4.69, 9.17) is 5.73 Å². The van der Waals surface area contributed by atoms with Gasteiger partial charge in [-0.1, -0.05) is 13.0 Å². The molecule has 1 aromatic rings. The van der Waals surface area contributed by atoms with Crippen LogP contribution in [0.3, 0.4) is 0 Å². The molecule has 3 unspecified atom stereocenters. The molecule has 114 valence electrons. The lowest BCUT2D eigenvalue weighted by atomic mass is 9.95. The summed E-state index contributed by atoms with van der Waals surface area (Å²) < 4.78 is 0. The molecule has 0 spiro atoms. The molecule has 0 saturated carbocycles. The largest absolute Gasteiger partial charge is 0.348 e. The van der Waals surface area contributed by atoms with Gasteiger partial charge in [-0.2, -0.15) is 0 Å². The van der Waals surface area contributed by atoms with Crippen molar-refractivity contribution in [3.63, 3.8) is 0 Å². The molecule has 3 atom stereocenters. The Bertz CT molecular complexity index is 413. The molecule has 4 nitrogen and oxygen atoms in total. The van der Waals surface area contributed by atoms with Crippen molar-refractivity contribution in [2.24, 2.45) is 11.7 Å². The van der Waals surface area contributed by atoms with E-state index >= 15 is 0 Å². The highest BCUT2D eigenvalue weighted by Gasteiger charge is 2.24. The number of halogens is 1. The maximum Gasteiger partial charge on any atom is 0.234 e. The lowest BCUT2D eigenvalue weighted by Gasteiger charge is -2.34. The molecule has 0 aromatic carbocycles. The third-order valence-corrected chi connectivity index (χ3v) is 4.83. The van der Waals surface area contributed by atoms with Crippen LogP contribution < -0.4 is 11.1 Å². The van der Waals surface area contributed by atoms with E-state index in [1.165, 1.54) is 4.88 Å². The number of thiophene rings is 1. The zero-order chi connectivity index (χ0) is 13.8. The highest BCUT2D eigenvalue weighted by atomic mass is 35.5. The lowest BCUT2D eigenvalue weighted by molar-refractivity contribution is -0.123. The van der Waals surface area contributed by atoms with Crippen LogP contribution in [0.15, 0.2) is 17.5 Å². The van der Waals surface area contributed by atoms with Crippen LogP contribution in [0.2, 0.25) is 0 Å². The van der Waals surface area contributed by atoms with Crippen LogP contribution in [-0.4, -0.2) is 36.5 Å². The van der Waals surface area contributed by atoms with Gasteiger partial charge in [-0.05, 0) is 30.7 Å². The van der Waals surface area contributed by atoms with Gasteiger partial charge < -0.3 is 11.1 Å². The van der Waals surface area contributed by atoms with Gasteiger partial charge >= 0.3 is 0 Å². The van der Waals surface area contributed by atoms with Crippen molar-refractivity contribution < 1.29 is 4.79 Å². The predicted molar refractivity (Wildman–Crippen MR) is 86.3 cm³/mol. The molecule has 2 rings (SSSR count). The summed E-state index contributed by atoms with van der Waals surface area (Å²) in [6.45, 7) is 6.50. The first-order valence-electron chi connectivity index (χ1n) is 6.87. The summed E-state index contributed by atoms with van der Waals surface area (Å²) in [7, 11) is 0. The fraction of sp³-hybridized carbons (Fsp3) is 0.643. The molecule has 3 N–H and O–H groups in total. The Kier molecular flexibility index (Phi) is 6.95. The van der Waals surface area contributed by atoms with Crippen LogP contribution >= 0.6 is 23.7 Å². The van der Waals surface area contributed by atoms with E-state index < -0.39 is 0 Å². The van der Waals surface area contributed by atoms with Crippen molar-refractivity contribution in [3.8, 4) is 0 Å². The lowest BCUT2D eigenvalue weighted by Crippen LogP contribution is -2.49. The van der Waals surface area contributed by atoms with Crippen molar-refractivity contribution in [2.75, 3.05) is 19.6 Å². The Morgan fingerprint density at radius 2 is 2.40 bits per heavy atom. The third-order valence-electron chi connectivity index (χ3n) is 3.77. The van der Waals surface area contributed by atoms with Crippen molar-refractivity contribution in [1.29, 1.82) is 0 Å². The van der Waals surface area contributed by atoms with Gasteiger partial charge in [0, 0.05) is 24.0 Å². The SMILES string of the molecule is CC(NC(=O)CN1CCC(N)C(C)C1)c1cccs1.Cl. The van der Waals surface area contributed by atoms with E-state index in [1.807, 2.05) is 18.4 Å². The van der Waals surface area contributed by atoms with Crippen molar-refractivity contribution in [3.05, 3.63) is 22.4 Å². The van der Waals surface area contributed by atoms with Crippen molar-refractivity contribution in [2.45, 2.75) is 32.4 Å². The van der Waals surface area contributed by atoms with E-state index in [0.29, 0.717) is 12.5 Å². The molecule has 1 aliphatic rings. The molecule has 1 saturated heterocycles. The van der Waals surface area contributed by atoms with E-state index in [9.17, 15) is 4.79 Å². The fourth-order valence-corrected chi connectivity index (χ4v) is 3.23. The average molecular weight is 318 g/mol. The first-order chi connectivity index (χ1) is 9.06. The van der Waals surface area contributed by atoms with Crippen LogP contribution in [0.1, 0.15) is 31.2 Å². The minimum Gasteiger partial charge on any atom is -0.348 e. The average Bonchev–Trinajstić information content (AvgIpc) is 2.87. The smallest absolute Gasteiger partial charge is 0.234 e. The number of rotatable bonds is 4. The minimum atomic E-state index is 0. The predicted octanol–water partition coefficient (Wildman–Crippen LogP) is 2.02. The Labute approximate surface area is 131 Å². The number of carbonyl (C=O) groups excluding carboxylic acids is 1. The minimum absolute atomic E-state index is 0. The fourth-order valence-electron chi connectivity index (χ4n) is 2.49. The summed E-state index contributed by atoms with van der Waals surface area (Å²) >= 11 is 1.67. The summed E-state index contributed by atoms with van der Waals surface area (Å²) in [6, 6.07) is 4.44. The Morgan fingerprint density at radius 3 is 3.00 bits per heavy atom. The molecule has 0 bridgehead atoms. The quantitative estimate of drug-likeness (QED) is 0.893. The monoisotopic (exact) mass is 317 g/mol. The van der Waals surface area contributed by atoms with Gasteiger partial charge in [0.05, 0.1) is 12.6 Å². The van der Waals surface area contributed by atoms with Gasteiger partial charge in [0.25, 0.3) is 0 Å². The summed E-state index contributed by atoms with van der Waals surface area (Å²) in [6.07, 6.45) is 0.981. The maximum absolute atomic E-state index is 12.0. The number of hydrogen-bond donors (Lipinski definition) is 2. The number of nitrogens with one attached hydrogen (secondary N) is 1. The van der Waals surface area contributed by atoms with Gasteiger partial charge in [0.2, 0.25) is 5.91 Å². The van der Waals surface area contributed by atoms with E-state index in [0.717, 1.165) is 19.5 Å². The molecule has 6 heteroatoms. The highest BCUT2D eigenvalue weighted by Crippen LogP contribution is 2.18. The molecule has 1 amide bonds. The number of piperidine rings is 1. The van der Waals surface area contributed by atoms with Crippen LogP contribution in [0.25, 0.3) is 0 Å². The topological polar surface area (TPSA) is 58.4 Å². The zero-order valence-corrected chi connectivity index (χ0v) is 13.7. The number of nitrogens with two attached hydrogens (primary N) is 1. The van der Waals surface area contributed by atoms with Gasteiger partial charge in [0.15, 0.2) is 0 Å². The van der Waals surface area contributed by atoms with Crippen LogP contribution in [0, 0.1) is 5.92 Å². The Morgan fingerprint density at radius 1 is 1.65 bits per heavy atom. The third kappa shape index (κ3) is 4.74.